The average molecular weight is 215 g/mol. The summed E-state index contributed by atoms with van der Waals surface area (Å²) in [4.78, 5) is 0. The van der Waals surface area contributed by atoms with Crippen molar-refractivity contribution in [3.63, 3.8) is 0 Å². The molecule has 0 fully saturated rings. The Morgan fingerprint density at radius 3 is 2.62 bits per heavy atom. The van der Waals surface area contributed by atoms with Crippen LogP contribution in [0.1, 0.15) is 18.5 Å². The molecule has 0 heterocycles. The zero-order chi connectivity index (χ0) is 11.4. The predicted octanol–water partition coefficient (Wildman–Crippen LogP) is 2.48. The van der Waals surface area contributed by atoms with Crippen molar-refractivity contribution in [1.82, 2.24) is 5.32 Å². The van der Waals surface area contributed by atoms with Gasteiger partial charge in [0, 0.05) is 0 Å². The third-order valence-corrected chi connectivity index (χ3v) is 2.83. The van der Waals surface area contributed by atoms with Crippen molar-refractivity contribution >= 4 is 10.8 Å². The lowest BCUT2D eigenvalue weighted by atomic mass is 9.99. The number of benzene rings is 2. The lowest BCUT2D eigenvalue weighted by Crippen LogP contribution is -2.24. The smallest absolute Gasteiger partial charge is 0.0626 e. The van der Waals surface area contributed by atoms with E-state index in [0.717, 1.165) is 6.54 Å². The van der Waals surface area contributed by atoms with E-state index < -0.39 is 0 Å². The van der Waals surface area contributed by atoms with Gasteiger partial charge in [0.1, 0.15) is 0 Å². The molecule has 0 spiro atoms. The number of nitrogens with one attached hydrogen (secondary N) is 1. The summed E-state index contributed by atoms with van der Waals surface area (Å²) in [5.74, 6) is 0. The molecule has 0 aromatic heterocycles. The summed E-state index contributed by atoms with van der Waals surface area (Å²) in [6, 6.07) is 14.5. The van der Waals surface area contributed by atoms with Crippen LogP contribution in [0.4, 0.5) is 0 Å². The molecule has 0 aliphatic rings. The van der Waals surface area contributed by atoms with E-state index in [1.165, 1.54) is 16.3 Å². The molecule has 0 amide bonds. The van der Waals surface area contributed by atoms with Gasteiger partial charge in [0.15, 0.2) is 0 Å². The summed E-state index contributed by atoms with van der Waals surface area (Å²) >= 11 is 0. The van der Waals surface area contributed by atoms with Crippen molar-refractivity contribution < 1.29 is 5.11 Å². The van der Waals surface area contributed by atoms with Crippen LogP contribution in [0.3, 0.4) is 0 Å². The fraction of sp³-hybridized carbons (Fsp3) is 0.286. The Morgan fingerprint density at radius 1 is 1.12 bits per heavy atom. The Labute approximate surface area is 95.9 Å². The van der Waals surface area contributed by atoms with Crippen molar-refractivity contribution in [3.05, 3.63) is 48.0 Å². The van der Waals surface area contributed by atoms with Crippen molar-refractivity contribution in [2.24, 2.45) is 0 Å². The summed E-state index contributed by atoms with van der Waals surface area (Å²) in [5.41, 5.74) is 1.17. The summed E-state index contributed by atoms with van der Waals surface area (Å²) < 4.78 is 0. The van der Waals surface area contributed by atoms with Crippen LogP contribution in [-0.2, 0) is 0 Å². The molecular formula is C14H17NO. The molecule has 84 valence electrons. The zero-order valence-corrected chi connectivity index (χ0v) is 9.48. The van der Waals surface area contributed by atoms with Crippen LogP contribution in [0.5, 0.6) is 0 Å². The van der Waals surface area contributed by atoms with Gasteiger partial charge in [-0.25, -0.2) is 0 Å². The first-order valence-corrected chi connectivity index (χ1v) is 5.68. The number of likely N-dealkylation sites (N-methyl/N-ethyl adjacent to an activating group) is 1. The first-order valence-electron chi connectivity index (χ1n) is 5.68. The van der Waals surface area contributed by atoms with E-state index in [0.29, 0.717) is 0 Å². The second-order valence-electron chi connectivity index (χ2n) is 3.86. The molecule has 1 atom stereocenters. The van der Waals surface area contributed by atoms with Gasteiger partial charge >= 0.3 is 0 Å². The van der Waals surface area contributed by atoms with Crippen LogP contribution in [0.15, 0.2) is 42.5 Å². The van der Waals surface area contributed by atoms with Crippen LogP contribution in [0, 0.1) is 0 Å². The van der Waals surface area contributed by atoms with Crippen LogP contribution >= 0.6 is 0 Å². The van der Waals surface area contributed by atoms with E-state index in [4.69, 9.17) is 0 Å². The number of hydrogen-bond donors (Lipinski definition) is 2. The standard InChI is InChI=1S/C14H17NO/c1-2-15-14(10-16)13-9-5-7-11-6-3-4-8-12(11)13/h3-9,14-16H,2,10H2,1H3. The minimum absolute atomic E-state index is 0.0242. The molecule has 0 aliphatic heterocycles. The van der Waals surface area contributed by atoms with Gasteiger partial charge in [0.2, 0.25) is 0 Å². The minimum atomic E-state index is 0.0242. The highest BCUT2D eigenvalue weighted by atomic mass is 16.3. The lowest BCUT2D eigenvalue weighted by molar-refractivity contribution is 0.247. The summed E-state index contributed by atoms with van der Waals surface area (Å²) in [5, 5.41) is 15.1. The maximum atomic E-state index is 9.41. The topological polar surface area (TPSA) is 32.3 Å². The van der Waals surface area contributed by atoms with Gasteiger partial charge in [-0.15, -0.1) is 0 Å². The van der Waals surface area contributed by atoms with E-state index in [1.807, 2.05) is 25.1 Å². The number of aliphatic hydroxyl groups is 1. The van der Waals surface area contributed by atoms with Crippen LogP contribution in [0.25, 0.3) is 10.8 Å². The maximum Gasteiger partial charge on any atom is 0.0626 e. The third kappa shape index (κ3) is 2.08. The van der Waals surface area contributed by atoms with Crippen LogP contribution in [-0.4, -0.2) is 18.3 Å². The second-order valence-corrected chi connectivity index (χ2v) is 3.86. The summed E-state index contributed by atoms with van der Waals surface area (Å²) in [7, 11) is 0. The lowest BCUT2D eigenvalue weighted by Gasteiger charge is -2.17. The quantitative estimate of drug-likeness (QED) is 0.821. The molecule has 0 aliphatic carbocycles. The molecule has 1 unspecified atom stereocenters. The highest BCUT2D eigenvalue weighted by Crippen LogP contribution is 2.23. The van der Waals surface area contributed by atoms with Crippen LogP contribution in [0.2, 0.25) is 0 Å². The van der Waals surface area contributed by atoms with Crippen molar-refractivity contribution in [2.45, 2.75) is 13.0 Å². The largest absolute Gasteiger partial charge is 0.394 e. The van der Waals surface area contributed by atoms with Crippen LogP contribution < -0.4 is 5.32 Å². The SMILES string of the molecule is CCNC(CO)c1cccc2ccccc12. The number of rotatable bonds is 4. The average Bonchev–Trinajstić information content (AvgIpc) is 2.35. The van der Waals surface area contributed by atoms with Gasteiger partial charge in [-0.2, -0.15) is 0 Å². The highest BCUT2D eigenvalue weighted by Gasteiger charge is 2.11. The van der Waals surface area contributed by atoms with E-state index in [-0.39, 0.29) is 12.6 Å². The zero-order valence-electron chi connectivity index (χ0n) is 9.48. The molecule has 2 nitrogen and oxygen atoms in total. The first kappa shape index (κ1) is 11.1. The fourth-order valence-electron chi connectivity index (χ4n) is 2.07. The van der Waals surface area contributed by atoms with Gasteiger partial charge in [0.25, 0.3) is 0 Å². The number of fused-ring (bicyclic) bond motifs is 1. The minimum Gasteiger partial charge on any atom is -0.394 e. The third-order valence-electron chi connectivity index (χ3n) is 2.83. The van der Waals surface area contributed by atoms with Crippen molar-refractivity contribution in [1.29, 1.82) is 0 Å². The molecule has 0 bridgehead atoms. The van der Waals surface area contributed by atoms with E-state index in [2.05, 4.69) is 29.6 Å². The molecule has 0 saturated carbocycles. The van der Waals surface area contributed by atoms with Crippen molar-refractivity contribution in [3.8, 4) is 0 Å². The monoisotopic (exact) mass is 215 g/mol. The second kappa shape index (κ2) is 5.10. The van der Waals surface area contributed by atoms with Gasteiger partial charge in [-0.1, -0.05) is 49.4 Å². The number of hydrogen-bond acceptors (Lipinski definition) is 2. The van der Waals surface area contributed by atoms with Gasteiger partial charge in [-0.3, -0.25) is 0 Å². The molecule has 2 heteroatoms. The molecule has 2 rings (SSSR count). The molecule has 2 aromatic rings. The molecular weight excluding hydrogens is 198 g/mol. The highest BCUT2D eigenvalue weighted by molar-refractivity contribution is 5.86. The van der Waals surface area contributed by atoms with E-state index >= 15 is 0 Å². The summed E-state index contributed by atoms with van der Waals surface area (Å²) in [6.45, 7) is 3.03. The predicted molar refractivity (Wildman–Crippen MR) is 67.5 cm³/mol. The molecule has 2 aromatic carbocycles. The Hall–Kier alpha value is -1.38. The van der Waals surface area contributed by atoms with Gasteiger partial charge in [-0.05, 0) is 22.9 Å². The van der Waals surface area contributed by atoms with Gasteiger partial charge < -0.3 is 10.4 Å². The first-order chi connectivity index (χ1) is 7.86. The molecule has 0 saturated heterocycles. The Bertz CT molecular complexity index is 462. The number of aliphatic hydroxyl groups excluding tert-OH is 1. The van der Waals surface area contributed by atoms with E-state index in [9.17, 15) is 5.11 Å². The Morgan fingerprint density at radius 2 is 1.88 bits per heavy atom. The Balaban J connectivity index is 2.50. The Kier molecular flexibility index (Phi) is 3.54. The molecule has 0 radical (unpaired) electrons. The normalized spacial score (nSPS) is 12.9. The molecule has 2 N–H and O–H groups in total. The van der Waals surface area contributed by atoms with E-state index in [1.54, 1.807) is 0 Å². The maximum absolute atomic E-state index is 9.41. The van der Waals surface area contributed by atoms with Crippen molar-refractivity contribution in [2.75, 3.05) is 13.2 Å². The fourth-order valence-corrected chi connectivity index (χ4v) is 2.07. The summed E-state index contributed by atoms with van der Waals surface area (Å²) in [6.07, 6.45) is 0. The van der Waals surface area contributed by atoms with Gasteiger partial charge in [0.05, 0.1) is 12.6 Å². The molecule has 16 heavy (non-hydrogen) atoms.